The molecule has 1 saturated heterocycles. The molecule has 2 N–H and O–H groups in total. The topological polar surface area (TPSA) is 38.5 Å². The third kappa shape index (κ3) is 3.16. The minimum atomic E-state index is 0.183. The van der Waals surface area contributed by atoms with Crippen LogP contribution in [-0.4, -0.2) is 37.2 Å². The van der Waals surface area contributed by atoms with Crippen LogP contribution < -0.4 is 5.73 Å². The van der Waals surface area contributed by atoms with Crippen molar-refractivity contribution in [2.75, 3.05) is 26.2 Å². The Hall–Kier alpha value is -0.900. The number of hydrogen-bond donors (Lipinski definition) is 1. The highest BCUT2D eigenvalue weighted by molar-refractivity contribution is 5.39. The van der Waals surface area contributed by atoms with Gasteiger partial charge in [-0.05, 0) is 44.4 Å². The Bertz CT molecular complexity index is 421. The van der Waals surface area contributed by atoms with Crippen molar-refractivity contribution in [2.45, 2.75) is 39.8 Å². The van der Waals surface area contributed by atoms with Gasteiger partial charge in [-0.15, -0.1) is 0 Å². The second kappa shape index (κ2) is 6.04. The summed E-state index contributed by atoms with van der Waals surface area (Å²) >= 11 is 0. The van der Waals surface area contributed by atoms with Crippen LogP contribution in [0.1, 0.15) is 35.2 Å². The van der Waals surface area contributed by atoms with Gasteiger partial charge in [-0.25, -0.2) is 0 Å². The van der Waals surface area contributed by atoms with E-state index in [2.05, 4.69) is 44.7 Å². The molecule has 1 aliphatic rings. The first-order chi connectivity index (χ1) is 9.02. The molecule has 0 aromatic heterocycles. The van der Waals surface area contributed by atoms with Crippen LogP contribution in [0.15, 0.2) is 12.1 Å². The Morgan fingerprint density at radius 2 is 1.95 bits per heavy atom. The van der Waals surface area contributed by atoms with E-state index in [4.69, 9.17) is 10.5 Å². The summed E-state index contributed by atoms with van der Waals surface area (Å²) in [6.07, 6.45) is 0.183. The van der Waals surface area contributed by atoms with Gasteiger partial charge in [0, 0.05) is 25.7 Å². The fraction of sp³-hybridized carbons (Fsp3) is 0.625. The van der Waals surface area contributed by atoms with Crippen molar-refractivity contribution < 1.29 is 4.74 Å². The minimum Gasteiger partial charge on any atom is -0.374 e. The molecule has 0 aliphatic carbocycles. The maximum absolute atomic E-state index is 5.73. The molecule has 106 valence electrons. The van der Waals surface area contributed by atoms with E-state index in [9.17, 15) is 0 Å². The van der Waals surface area contributed by atoms with Crippen LogP contribution >= 0.6 is 0 Å². The summed E-state index contributed by atoms with van der Waals surface area (Å²) in [7, 11) is 0. The Balaban J connectivity index is 2.21. The van der Waals surface area contributed by atoms with E-state index >= 15 is 0 Å². The van der Waals surface area contributed by atoms with Crippen LogP contribution in [-0.2, 0) is 4.74 Å². The van der Waals surface area contributed by atoms with Crippen LogP contribution in [0.5, 0.6) is 0 Å². The van der Waals surface area contributed by atoms with Crippen molar-refractivity contribution in [2.24, 2.45) is 5.73 Å². The first-order valence-electron chi connectivity index (χ1n) is 7.16. The highest BCUT2D eigenvalue weighted by Gasteiger charge is 2.25. The van der Waals surface area contributed by atoms with Crippen molar-refractivity contribution in [3.63, 3.8) is 0 Å². The quantitative estimate of drug-likeness (QED) is 0.908. The average Bonchev–Trinajstić information content (AvgIpc) is 2.37. The molecule has 1 heterocycles. The molecule has 2 unspecified atom stereocenters. The fourth-order valence-corrected chi connectivity index (χ4v) is 3.27. The zero-order chi connectivity index (χ0) is 14.0. The average molecular weight is 262 g/mol. The summed E-state index contributed by atoms with van der Waals surface area (Å²) < 4.78 is 5.66. The number of nitrogens with two attached hydrogens (primary N) is 1. The van der Waals surface area contributed by atoms with Crippen LogP contribution in [0, 0.1) is 20.8 Å². The van der Waals surface area contributed by atoms with Crippen LogP contribution in [0.3, 0.4) is 0 Å². The minimum absolute atomic E-state index is 0.183. The van der Waals surface area contributed by atoms with E-state index in [0.717, 1.165) is 19.7 Å². The van der Waals surface area contributed by atoms with Crippen molar-refractivity contribution in [3.05, 3.63) is 34.4 Å². The molecule has 19 heavy (non-hydrogen) atoms. The van der Waals surface area contributed by atoms with Gasteiger partial charge in [0.2, 0.25) is 0 Å². The lowest BCUT2D eigenvalue weighted by Gasteiger charge is -2.37. The second-order valence-corrected chi connectivity index (χ2v) is 5.71. The molecule has 2 rings (SSSR count). The fourth-order valence-electron chi connectivity index (χ4n) is 3.27. The van der Waals surface area contributed by atoms with Crippen molar-refractivity contribution in [1.82, 2.24) is 4.90 Å². The van der Waals surface area contributed by atoms with E-state index in [1.807, 2.05) is 0 Å². The van der Waals surface area contributed by atoms with Crippen molar-refractivity contribution in [1.29, 1.82) is 0 Å². The number of morpholine rings is 1. The molecule has 0 bridgehead atoms. The molecular weight excluding hydrogens is 236 g/mol. The molecule has 1 aliphatic heterocycles. The molecule has 1 aromatic rings. The number of aryl methyl sites for hydroxylation is 3. The van der Waals surface area contributed by atoms with Gasteiger partial charge in [0.25, 0.3) is 0 Å². The predicted octanol–water partition coefficient (Wildman–Crippen LogP) is 2.33. The predicted molar refractivity (Wildman–Crippen MR) is 79.4 cm³/mol. The Kier molecular flexibility index (Phi) is 4.61. The lowest BCUT2D eigenvalue weighted by molar-refractivity contribution is -0.0366. The molecule has 3 heteroatoms. The zero-order valence-electron chi connectivity index (χ0n) is 12.6. The Labute approximate surface area is 116 Å². The van der Waals surface area contributed by atoms with Crippen LogP contribution in [0.4, 0.5) is 0 Å². The SMILES string of the molecule is Cc1cc(C)c(C(C)N2CCOC(CN)C2)c(C)c1. The summed E-state index contributed by atoms with van der Waals surface area (Å²) in [4.78, 5) is 2.49. The standard InChI is InChI=1S/C16H26N2O/c1-11-7-12(2)16(13(3)8-11)14(4)18-5-6-19-15(9-17)10-18/h7-8,14-15H,5-6,9-10,17H2,1-4H3. The van der Waals surface area contributed by atoms with Crippen LogP contribution in [0.25, 0.3) is 0 Å². The van der Waals surface area contributed by atoms with E-state index in [-0.39, 0.29) is 6.10 Å². The summed E-state index contributed by atoms with van der Waals surface area (Å²) in [6.45, 7) is 12.2. The molecule has 1 aromatic carbocycles. The van der Waals surface area contributed by atoms with Crippen LogP contribution in [0.2, 0.25) is 0 Å². The second-order valence-electron chi connectivity index (χ2n) is 5.71. The highest BCUT2D eigenvalue weighted by Crippen LogP contribution is 2.29. The molecule has 2 atom stereocenters. The molecule has 0 amide bonds. The number of hydrogen-bond acceptors (Lipinski definition) is 3. The van der Waals surface area contributed by atoms with Gasteiger partial charge >= 0.3 is 0 Å². The first kappa shape index (κ1) is 14.5. The molecule has 0 saturated carbocycles. The number of ether oxygens (including phenoxy) is 1. The number of benzene rings is 1. The first-order valence-corrected chi connectivity index (χ1v) is 7.16. The third-order valence-corrected chi connectivity index (χ3v) is 4.14. The summed E-state index contributed by atoms with van der Waals surface area (Å²) in [5.41, 5.74) is 11.3. The normalized spacial score (nSPS) is 22.5. The van der Waals surface area contributed by atoms with Crippen molar-refractivity contribution in [3.8, 4) is 0 Å². The third-order valence-electron chi connectivity index (χ3n) is 4.14. The zero-order valence-corrected chi connectivity index (χ0v) is 12.6. The molecule has 0 spiro atoms. The van der Waals surface area contributed by atoms with Gasteiger partial charge < -0.3 is 10.5 Å². The summed E-state index contributed by atoms with van der Waals surface area (Å²) in [5, 5.41) is 0. The maximum Gasteiger partial charge on any atom is 0.0824 e. The number of nitrogens with zero attached hydrogens (tertiary/aromatic N) is 1. The van der Waals surface area contributed by atoms with E-state index in [1.54, 1.807) is 0 Å². The lowest BCUT2D eigenvalue weighted by atomic mass is 9.93. The van der Waals surface area contributed by atoms with E-state index in [1.165, 1.54) is 22.3 Å². The maximum atomic E-state index is 5.73. The summed E-state index contributed by atoms with van der Waals surface area (Å²) in [6, 6.07) is 4.98. The molecule has 1 fully saturated rings. The van der Waals surface area contributed by atoms with Crippen molar-refractivity contribution >= 4 is 0 Å². The van der Waals surface area contributed by atoms with Gasteiger partial charge in [-0.2, -0.15) is 0 Å². The molecule has 0 radical (unpaired) electrons. The lowest BCUT2D eigenvalue weighted by Crippen LogP contribution is -2.46. The van der Waals surface area contributed by atoms with Gasteiger partial charge in [-0.1, -0.05) is 17.7 Å². The smallest absolute Gasteiger partial charge is 0.0824 e. The van der Waals surface area contributed by atoms with Gasteiger partial charge in [0.1, 0.15) is 0 Å². The highest BCUT2D eigenvalue weighted by atomic mass is 16.5. The van der Waals surface area contributed by atoms with E-state index in [0.29, 0.717) is 12.6 Å². The van der Waals surface area contributed by atoms with E-state index < -0.39 is 0 Å². The van der Waals surface area contributed by atoms with Gasteiger partial charge in [0.05, 0.1) is 12.7 Å². The summed E-state index contributed by atoms with van der Waals surface area (Å²) in [5.74, 6) is 0. The van der Waals surface area contributed by atoms with Gasteiger partial charge in [-0.3, -0.25) is 4.90 Å². The Morgan fingerprint density at radius 3 is 2.53 bits per heavy atom. The monoisotopic (exact) mass is 262 g/mol. The largest absolute Gasteiger partial charge is 0.374 e. The number of rotatable bonds is 3. The van der Waals surface area contributed by atoms with Gasteiger partial charge in [0.15, 0.2) is 0 Å². The Morgan fingerprint density at radius 1 is 1.32 bits per heavy atom. The molecule has 3 nitrogen and oxygen atoms in total. The molecular formula is C16H26N2O.